The van der Waals surface area contributed by atoms with Gasteiger partial charge in [-0.1, -0.05) is 11.6 Å². The van der Waals surface area contributed by atoms with E-state index in [2.05, 4.69) is 20.2 Å². The Hall–Kier alpha value is -0.420. The predicted molar refractivity (Wildman–Crippen MR) is 67.1 cm³/mol. The van der Waals surface area contributed by atoms with Crippen LogP contribution in [-0.4, -0.2) is 41.0 Å². The van der Waals surface area contributed by atoms with E-state index in [1.165, 1.54) is 6.42 Å². The first kappa shape index (κ1) is 13.6. The fraction of sp³-hybridized carbons (Fsp3) is 0.600. The highest BCUT2D eigenvalue weighted by molar-refractivity contribution is 6.29. The summed E-state index contributed by atoms with van der Waals surface area (Å²) in [4.78, 5) is 10.6. The zero-order chi connectivity index (χ0) is 10.5. The molecular weight excluding hydrogens is 247 g/mol. The van der Waals surface area contributed by atoms with Crippen LogP contribution < -0.4 is 5.32 Å². The van der Waals surface area contributed by atoms with E-state index in [1.807, 2.05) is 0 Å². The first-order valence-corrected chi connectivity index (χ1v) is 5.62. The molecule has 2 heterocycles. The van der Waals surface area contributed by atoms with Crippen LogP contribution in [0.4, 0.5) is 0 Å². The number of rotatable bonds is 2. The molecule has 0 unspecified atom stereocenters. The average Bonchev–Trinajstić information content (AvgIpc) is 2.50. The van der Waals surface area contributed by atoms with Crippen molar-refractivity contribution < 1.29 is 0 Å². The number of nitrogens with zero attached hydrogens (tertiary/aromatic N) is 3. The molecule has 1 aromatic rings. The quantitative estimate of drug-likeness (QED) is 0.874. The van der Waals surface area contributed by atoms with E-state index >= 15 is 0 Å². The van der Waals surface area contributed by atoms with Gasteiger partial charge >= 0.3 is 0 Å². The normalized spacial score (nSPS) is 17.6. The summed E-state index contributed by atoms with van der Waals surface area (Å²) < 4.78 is 0. The molecule has 0 radical (unpaired) electrons. The van der Waals surface area contributed by atoms with Crippen LogP contribution >= 0.6 is 24.0 Å². The van der Waals surface area contributed by atoms with E-state index < -0.39 is 0 Å². The molecule has 0 amide bonds. The van der Waals surface area contributed by atoms with Crippen molar-refractivity contribution in [1.29, 1.82) is 0 Å². The second-order valence-corrected chi connectivity index (χ2v) is 4.03. The average molecular weight is 263 g/mol. The third-order valence-corrected chi connectivity index (χ3v) is 2.84. The van der Waals surface area contributed by atoms with Crippen molar-refractivity contribution in [3.63, 3.8) is 0 Å². The van der Waals surface area contributed by atoms with E-state index in [0.29, 0.717) is 5.15 Å². The lowest BCUT2D eigenvalue weighted by atomic mass is 10.3. The molecule has 1 fully saturated rings. The fourth-order valence-corrected chi connectivity index (χ4v) is 1.89. The third kappa shape index (κ3) is 3.87. The highest BCUT2D eigenvalue weighted by Gasteiger charge is 2.11. The van der Waals surface area contributed by atoms with Gasteiger partial charge in [-0.2, -0.15) is 0 Å². The molecule has 0 aromatic carbocycles. The molecule has 1 aromatic heterocycles. The standard InChI is InChI=1S/C10H15ClN4.ClH/c11-10-9(13-3-4-14-10)8-15-6-1-2-12-5-7-15;/h3-4,12H,1-2,5-8H2;1H. The van der Waals surface area contributed by atoms with Crippen LogP contribution in [-0.2, 0) is 6.54 Å². The van der Waals surface area contributed by atoms with Gasteiger partial charge in [0.25, 0.3) is 0 Å². The maximum absolute atomic E-state index is 5.97. The molecule has 0 atom stereocenters. The summed E-state index contributed by atoms with van der Waals surface area (Å²) in [6, 6.07) is 0. The Labute approximate surface area is 107 Å². The second-order valence-electron chi connectivity index (χ2n) is 3.67. The van der Waals surface area contributed by atoms with Crippen molar-refractivity contribution in [2.75, 3.05) is 26.2 Å². The molecule has 0 bridgehead atoms. The lowest BCUT2D eigenvalue weighted by Crippen LogP contribution is -2.28. The minimum Gasteiger partial charge on any atom is -0.315 e. The Morgan fingerprint density at radius 1 is 1.25 bits per heavy atom. The maximum atomic E-state index is 5.97. The molecule has 0 aliphatic carbocycles. The van der Waals surface area contributed by atoms with Crippen LogP contribution in [0.3, 0.4) is 0 Å². The van der Waals surface area contributed by atoms with Gasteiger partial charge < -0.3 is 5.32 Å². The smallest absolute Gasteiger partial charge is 0.151 e. The highest BCUT2D eigenvalue weighted by Crippen LogP contribution is 2.11. The van der Waals surface area contributed by atoms with Crippen molar-refractivity contribution >= 4 is 24.0 Å². The van der Waals surface area contributed by atoms with E-state index in [-0.39, 0.29) is 12.4 Å². The molecule has 4 nitrogen and oxygen atoms in total. The van der Waals surface area contributed by atoms with Gasteiger partial charge in [-0.05, 0) is 19.5 Å². The minimum absolute atomic E-state index is 0. The van der Waals surface area contributed by atoms with E-state index in [0.717, 1.165) is 38.4 Å². The Balaban J connectivity index is 0.00000128. The van der Waals surface area contributed by atoms with Crippen LogP contribution in [0.1, 0.15) is 12.1 Å². The van der Waals surface area contributed by atoms with Crippen molar-refractivity contribution in [3.8, 4) is 0 Å². The van der Waals surface area contributed by atoms with Gasteiger partial charge in [-0.3, -0.25) is 9.88 Å². The summed E-state index contributed by atoms with van der Waals surface area (Å²) in [7, 11) is 0. The molecule has 1 N–H and O–H groups in total. The van der Waals surface area contributed by atoms with Gasteiger partial charge in [0.2, 0.25) is 0 Å². The summed E-state index contributed by atoms with van der Waals surface area (Å²) in [5.41, 5.74) is 0.876. The minimum atomic E-state index is 0. The molecule has 0 spiro atoms. The molecule has 6 heteroatoms. The fourth-order valence-electron chi connectivity index (χ4n) is 1.73. The first-order chi connectivity index (χ1) is 7.36. The van der Waals surface area contributed by atoms with Gasteiger partial charge in [0, 0.05) is 32.0 Å². The molecular formula is C10H16Cl2N4. The van der Waals surface area contributed by atoms with E-state index in [4.69, 9.17) is 11.6 Å². The Morgan fingerprint density at radius 3 is 2.88 bits per heavy atom. The van der Waals surface area contributed by atoms with Crippen molar-refractivity contribution in [2.24, 2.45) is 0 Å². The summed E-state index contributed by atoms with van der Waals surface area (Å²) in [6.45, 7) is 5.09. The largest absolute Gasteiger partial charge is 0.315 e. The first-order valence-electron chi connectivity index (χ1n) is 5.25. The van der Waals surface area contributed by atoms with Gasteiger partial charge in [-0.15, -0.1) is 12.4 Å². The zero-order valence-electron chi connectivity index (χ0n) is 9.03. The number of hydrogen-bond donors (Lipinski definition) is 1. The molecule has 0 saturated carbocycles. The lowest BCUT2D eigenvalue weighted by molar-refractivity contribution is 0.281. The number of halogens is 2. The van der Waals surface area contributed by atoms with Crippen LogP contribution in [0.2, 0.25) is 5.15 Å². The lowest BCUT2D eigenvalue weighted by Gasteiger charge is -2.18. The summed E-state index contributed by atoms with van der Waals surface area (Å²) in [6.07, 6.45) is 4.49. The maximum Gasteiger partial charge on any atom is 0.151 e. The number of hydrogen-bond acceptors (Lipinski definition) is 4. The van der Waals surface area contributed by atoms with Crippen LogP contribution in [0, 0.1) is 0 Å². The third-order valence-electron chi connectivity index (χ3n) is 2.53. The van der Waals surface area contributed by atoms with Crippen molar-refractivity contribution in [2.45, 2.75) is 13.0 Å². The van der Waals surface area contributed by atoms with Gasteiger partial charge in [0.05, 0.1) is 5.69 Å². The van der Waals surface area contributed by atoms with Crippen LogP contribution in [0.15, 0.2) is 12.4 Å². The Bertz CT molecular complexity index is 313. The molecule has 16 heavy (non-hydrogen) atoms. The molecule has 90 valence electrons. The summed E-state index contributed by atoms with van der Waals surface area (Å²) in [5.74, 6) is 0. The topological polar surface area (TPSA) is 41.1 Å². The molecule has 2 rings (SSSR count). The second kappa shape index (κ2) is 7.01. The van der Waals surface area contributed by atoms with E-state index in [1.54, 1.807) is 12.4 Å². The van der Waals surface area contributed by atoms with Gasteiger partial charge in [0.1, 0.15) is 0 Å². The Kier molecular flexibility index (Phi) is 5.98. The van der Waals surface area contributed by atoms with Crippen molar-refractivity contribution in [1.82, 2.24) is 20.2 Å². The Morgan fingerprint density at radius 2 is 2.06 bits per heavy atom. The van der Waals surface area contributed by atoms with Crippen LogP contribution in [0.25, 0.3) is 0 Å². The van der Waals surface area contributed by atoms with Gasteiger partial charge in [0.15, 0.2) is 5.15 Å². The summed E-state index contributed by atoms with van der Waals surface area (Å²) >= 11 is 5.97. The predicted octanol–water partition coefficient (Wildman–Crippen LogP) is 1.35. The van der Waals surface area contributed by atoms with Crippen LogP contribution in [0.5, 0.6) is 0 Å². The zero-order valence-corrected chi connectivity index (χ0v) is 10.6. The van der Waals surface area contributed by atoms with E-state index in [9.17, 15) is 0 Å². The highest BCUT2D eigenvalue weighted by atomic mass is 35.5. The van der Waals surface area contributed by atoms with Crippen molar-refractivity contribution in [3.05, 3.63) is 23.2 Å². The number of aromatic nitrogens is 2. The molecule has 1 aliphatic heterocycles. The molecule has 1 saturated heterocycles. The SMILES string of the molecule is Cl.Clc1nccnc1CN1CCCNCC1. The number of nitrogens with one attached hydrogen (secondary N) is 1. The monoisotopic (exact) mass is 262 g/mol. The summed E-state index contributed by atoms with van der Waals surface area (Å²) in [5, 5.41) is 3.89. The van der Waals surface area contributed by atoms with Gasteiger partial charge in [-0.25, -0.2) is 4.98 Å². The molecule has 1 aliphatic rings.